The van der Waals surface area contributed by atoms with E-state index in [-0.39, 0.29) is 11.7 Å². The van der Waals surface area contributed by atoms with Crippen molar-refractivity contribution in [3.05, 3.63) is 42.5 Å². The topological polar surface area (TPSA) is 68.2 Å². The third-order valence-electron chi connectivity index (χ3n) is 3.26. The van der Waals surface area contributed by atoms with E-state index in [0.29, 0.717) is 12.3 Å². The average molecular weight is 290 g/mol. The Bertz CT molecular complexity index is 637. The molecule has 0 spiro atoms. The van der Waals surface area contributed by atoms with Crippen molar-refractivity contribution in [1.29, 1.82) is 0 Å². The molecule has 1 atom stereocenters. The molecule has 1 aliphatic heterocycles. The van der Waals surface area contributed by atoms with Crippen LogP contribution in [0.15, 0.2) is 36.7 Å². The van der Waals surface area contributed by atoms with E-state index in [4.69, 9.17) is 4.74 Å². The fourth-order valence-electron chi connectivity index (χ4n) is 2.18. The highest BCUT2D eigenvalue weighted by Gasteiger charge is 2.18. The van der Waals surface area contributed by atoms with Crippen LogP contribution in [0, 0.1) is 5.82 Å². The molecule has 2 aromatic rings. The highest BCUT2D eigenvalue weighted by Crippen LogP contribution is 2.20. The van der Waals surface area contributed by atoms with Gasteiger partial charge in [-0.25, -0.2) is 9.18 Å². The summed E-state index contributed by atoms with van der Waals surface area (Å²) in [4.78, 5) is 11.8. The lowest BCUT2D eigenvalue weighted by Crippen LogP contribution is -2.19. The molecule has 2 heterocycles. The van der Waals surface area contributed by atoms with Crippen LogP contribution in [-0.4, -0.2) is 29.0 Å². The third kappa shape index (κ3) is 3.19. The second-order valence-electron chi connectivity index (χ2n) is 4.79. The zero-order valence-corrected chi connectivity index (χ0v) is 11.3. The van der Waals surface area contributed by atoms with Gasteiger partial charge >= 0.3 is 6.03 Å². The molecule has 0 bridgehead atoms. The predicted molar refractivity (Wildman–Crippen MR) is 75.7 cm³/mol. The van der Waals surface area contributed by atoms with Crippen molar-refractivity contribution in [3.8, 4) is 0 Å². The van der Waals surface area contributed by atoms with Gasteiger partial charge in [-0.05, 0) is 18.6 Å². The minimum atomic E-state index is -0.512. The minimum absolute atomic E-state index is 0.131. The number of hydrogen-bond acceptors (Lipinski definition) is 3. The van der Waals surface area contributed by atoms with Crippen LogP contribution in [0.2, 0.25) is 0 Å². The summed E-state index contributed by atoms with van der Waals surface area (Å²) in [5.74, 6) is -0.480. The summed E-state index contributed by atoms with van der Waals surface area (Å²) in [6.45, 7) is 1.35. The minimum Gasteiger partial charge on any atom is -0.379 e. The summed E-state index contributed by atoms with van der Waals surface area (Å²) in [6, 6.07) is 5.68. The summed E-state index contributed by atoms with van der Waals surface area (Å²) in [6.07, 6.45) is 4.20. The smallest absolute Gasteiger partial charge is 0.323 e. The predicted octanol–water partition coefficient (Wildman–Crippen LogP) is 2.63. The molecule has 0 aliphatic carbocycles. The molecule has 110 valence electrons. The van der Waals surface area contributed by atoms with Gasteiger partial charge < -0.3 is 15.4 Å². The number of nitrogens with one attached hydrogen (secondary N) is 2. The molecule has 1 fully saturated rings. The molecule has 1 aromatic heterocycles. The van der Waals surface area contributed by atoms with Gasteiger partial charge in [-0.1, -0.05) is 12.1 Å². The molecule has 1 aromatic carbocycles. The number of hydrogen-bond donors (Lipinski definition) is 2. The molecule has 2 amide bonds. The van der Waals surface area contributed by atoms with Crippen LogP contribution in [-0.2, 0) is 4.74 Å². The van der Waals surface area contributed by atoms with E-state index in [1.807, 2.05) is 0 Å². The quantitative estimate of drug-likeness (QED) is 0.913. The number of halogens is 1. The summed E-state index contributed by atoms with van der Waals surface area (Å²) >= 11 is 0. The van der Waals surface area contributed by atoms with Crippen molar-refractivity contribution in [2.45, 2.75) is 12.5 Å². The van der Waals surface area contributed by atoms with E-state index in [1.165, 1.54) is 12.1 Å². The van der Waals surface area contributed by atoms with Gasteiger partial charge in [0.15, 0.2) is 0 Å². The summed E-state index contributed by atoms with van der Waals surface area (Å²) in [5, 5.41) is 9.27. The van der Waals surface area contributed by atoms with Gasteiger partial charge in [-0.2, -0.15) is 5.10 Å². The van der Waals surface area contributed by atoms with Gasteiger partial charge in [0.2, 0.25) is 0 Å². The lowest BCUT2D eigenvalue weighted by Gasteiger charge is -2.08. The number of carbonyl (C=O) groups excluding carboxylic acids is 1. The Hall–Kier alpha value is -2.41. The molecule has 3 rings (SSSR count). The van der Waals surface area contributed by atoms with Crippen molar-refractivity contribution in [2.24, 2.45) is 0 Å². The first kappa shape index (κ1) is 13.6. The number of rotatable bonds is 3. The van der Waals surface area contributed by atoms with Crippen molar-refractivity contribution < 1.29 is 13.9 Å². The highest BCUT2D eigenvalue weighted by atomic mass is 19.1. The van der Waals surface area contributed by atoms with E-state index in [1.54, 1.807) is 29.2 Å². The molecule has 21 heavy (non-hydrogen) atoms. The number of benzene rings is 1. The molecule has 2 N–H and O–H groups in total. The maximum atomic E-state index is 13.4. The summed E-state index contributed by atoms with van der Waals surface area (Å²) in [7, 11) is 0. The summed E-state index contributed by atoms with van der Waals surface area (Å²) < 4.78 is 20.5. The van der Waals surface area contributed by atoms with Gasteiger partial charge in [0, 0.05) is 12.8 Å². The molecule has 0 unspecified atom stereocenters. The standard InChI is InChI=1S/C14H15FN4O2/c15-12-3-1-2-4-13(12)18-14(20)17-10-7-16-19(8-10)11-5-6-21-9-11/h1-4,7-8,11H,5-6,9H2,(H2,17,18,20)/t11-/m0/s1. The zero-order valence-electron chi connectivity index (χ0n) is 11.3. The largest absolute Gasteiger partial charge is 0.379 e. The lowest BCUT2D eigenvalue weighted by molar-refractivity contribution is 0.184. The monoisotopic (exact) mass is 290 g/mol. The van der Waals surface area contributed by atoms with Crippen LogP contribution in [0.4, 0.5) is 20.6 Å². The fourth-order valence-corrected chi connectivity index (χ4v) is 2.18. The number of carbonyl (C=O) groups is 1. The van der Waals surface area contributed by atoms with Crippen LogP contribution in [0.1, 0.15) is 12.5 Å². The van der Waals surface area contributed by atoms with Crippen LogP contribution < -0.4 is 10.6 Å². The normalized spacial score (nSPS) is 17.7. The second kappa shape index (κ2) is 5.92. The Morgan fingerprint density at radius 3 is 3.00 bits per heavy atom. The van der Waals surface area contributed by atoms with Gasteiger partial charge in [-0.3, -0.25) is 4.68 Å². The van der Waals surface area contributed by atoms with Crippen LogP contribution in [0.25, 0.3) is 0 Å². The Morgan fingerprint density at radius 2 is 2.24 bits per heavy atom. The maximum absolute atomic E-state index is 13.4. The van der Waals surface area contributed by atoms with Crippen molar-refractivity contribution in [3.63, 3.8) is 0 Å². The molecule has 1 saturated heterocycles. The van der Waals surface area contributed by atoms with Gasteiger partial charge in [0.1, 0.15) is 5.82 Å². The fraction of sp³-hybridized carbons (Fsp3) is 0.286. The SMILES string of the molecule is O=C(Nc1cnn([C@H]2CCOC2)c1)Nc1ccccc1F. The Labute approximate surface area is 120 Å². The molecule has 6 nitrogen and oxygen atoms in total. The molecule has 0 saturated carbocycles. The zero-order chi connectivity index (χ0) is 14.7. The molecule has 7 heteroatoms. The van der Waals surface area contributed by atoms with Gasteiger partial charge in [0.25, 0.3) is 0 Å². The second-order valence-corrected chi connectivity index (χ2v) is 4.79. The van der Waals surface area contributed by atoms with Crippen LogP contribution in [0.3, 0.4) is 0 Å². The number of anilines is 2. The molecule has 1 aliphatic rings. The number of para-hydroxylation sites is 1. The maximum Gasteiger partial charge on any atom is 0.323 e. The molecular formula is C14H15FN4O2. The van der Waals surface area contributed by atoms with Crippen molar-refractivity contribution in [1.82, 2.24) is 9.78 Å². The van der Waals surface area contributed by atoms with Gasteiger partial charge in [0.05, 0.1) is 30.2 Å². The third-order valence-corrected chi connectivity index (χ3v) is 3.26. The van der Waals surface area contributed by atoms with Crippen molar-refractivity contribution >= 4 is 17.4 Å². The van der Waals surface area contributed by atoms with E-state index < -0.39 is 11.8 Å². The van der Waals surface area contributed by atoms with Crippen LogP contribution in [0.5, 0.6) is 0 Å². The molecular weight excluding hydrogens is 275 g/mol. The van der Waals surface area contributed by atoms with E-state index in [0.717, 1.165) is 13.0 Å². The van der Waals surface area contributed by atoms with E-state index in [9.17, 15) is 9.18 Å². The Kier molecular flexibility index (Phi) is 3.83. The first-order chi connectivity index (χ1) is 10.2. The number of amides is 2. The van der Waals surface area contributed by atoms with Gasteiger partial charge in [-0.15, -0.1) is 0 Å². The number of ether oxygens (including phenoxy) is 1. The number of aromatic nitrogens is 2. The van der Waals surface area contributed by atoms with E-state index in [2.05, 4.69) is 15.7 Å². The summed E-state index contributed by atoms with van der Waals surface area (Å²) in [5.41, 5.74) is 0.683. The molecule has 0 radical (unpaired) electrons. The first-order valence-corrected chi connectivity index (χ1v) is 6.67. The van der Waals surface area contributed by atoms with E-state index >= 15 is 0 Å². The Morgan fingerprint density at radius 1 is 1.38 bits per heavy atom. The number of nitrogens with zero attached hydrogens (tertiary/aromatic N) is 2. The van der Waals surface area contributed by atoms with Crippen LogP contribution >= 0.6 is 0 Å². The van der Waals surface area contributed by atoms with Crippen molar-refractivity contribution in [2.75, 3.05) is 23.8 Å². The average Bonchev–Trinajstić information content (AvgIpc) is 3.12. The lowest BCUT2D eigenvalue weighted by atomic mass is 10.3. The first-order valence-electron chi connectivity index (χ1n) is 6.67. The highest BCUT2D eigenvalue weighted by molar-refractivity contribution is 5.99. The Balaban J connectivity index is 1.61. The number of urea groups is 1.